The van der Waals surface area contributed by atoms with E-state index in [9.17, 15) is 18.8 Å². The van der Waals surface area contributed by atoms with E-state index in [4.69, 9.17) is 0 Å². The molecule has 0 radical (unpaired) electrons. The van der Waals surface area contributed by atoms with E-state index in [1.807, 2.05) is 21.9 Å². The van der Waals surface area contributed by atoms with Gasteiger partial charge in [0.2, 0.25) is 0 Å². The number of aryl methyl sites for hydroxylation is 1. The summed E-state index contributed by atoms with van der Waals surface area (Å²) >= 11 is 0. The fourth-order valence-corrected chi connectivity index (χ4v) is 5.66. The second kappa shape index (κ2) is 13.2. The van der Waals surface area contributed by atoms with Gasteiger partial charge in [-0.1, -0.05) is 26.8 Å². The smallest absolute Gasteiger partial charge is 0.272 e. The molecule has 5 rings (SSSR count). The van der Waals surface area contributed by atoms with Gasteiger partial charge in [0.1, 0.15) is 11.5 Å². The molecule has 44 heavy (non-hydrogen) atoms. The van der Waals surface area contributed by atoms with Gasteiger partial charge in [-0.15, -0.1) is 0 Å². The van der Waals surface area contributed by atoms with Crippen LogP contribution in [0.5, 0.6) is 0 Å². The molecule has 2 fully saturated rings. The maximum atomic E-state index is 13.9. The molecule has 0 saturated carbocycles. The van der Waals surface area contributed by atoms with Crippen LogP contribution in [0.3, 0.4) is 0 Å². The SMILES string of the molecule is Cn1nc(C(C)(C)C)cc1C(=O)N1CCCN(c2ccc(C(=O)N3CCCNCC3)cc2NC(=O)c2cccc(F)c2)CC1. The van der Waals surface area contributed by atoms with E-state index < -0.39 is 11.7 Å². The van der Waals surface area contributed by atoms with Gasteiger partial charge in [0.05, 0.1) is 17.1 Å². The van der Waals surface area contributed by atoms with E-state index in [1.54, 1.807) is 29.9 Å². The quantitative estimate of drug-likeness (QED) is 0.459. The minimum Gasteiger partial charge on any atom is -0.368 e. The molecular formula is C33H42FN7O3. The average Bonchev–Trinajstić information content (AvgIpc) is 3.17. The third kappa shape index (κ3) is 7.10. The number of carbonyl (C=O) groups excluding carboxylic acids is 3. The standard InChI is InChI=1S/C33H42FN7O3/c1-33(2,3)29-22-28(38(4)37-29)32(44)41-16-7-15-39(18-19-41)27-11-10-24(31(43)40-14-6-12-35-13-17-40)21-26(27)36-30(42)23-8-5-9-25(34)20-23/h5,8-11,20-22,35H,6-7,12-19H2,1-4H3,(H,36,42). The van der Waals surface area contributed by atoms with Crippen LogP contribution in [0.1, 0.15) is 70.5 Å². The molecule has 0 spiro atoms. The number of carbonyl (C=O) groups is 3. The molecule has 2 N–H and O–H groups in total. The molecule has 2 aromatic carbocycles. The van der Waals surface area contributed by atoms with Crippen molar-refractivity contribution in [3.8, 4) is 0 Å². The van der Waals surface area contributed by atoms with Crippen LogP contribution in [0.4, 0.5) is 15.8 Å². The minimum absolute atomic E-state index is 0.0649. The molecule has 3 amide bonds. The lowest BCUT2D eigenvalue weighted by atomic mass is 9.92. The first-order valence-electron chi connectivity index (χ1n) is 15.3. The fourth-order valence-electron chi connectivity index (χ4n) is 5.66. The second-order valence-corrected chi connectivity index (χ2v) is 12.5. The van der Waals surface area contributed by atoms with E-state index in [1.165, 1.54) is 18.2 Å². The van der Waals surface area contributed by atoms with E-state index in [2.05, 4.69) is 41.4 Å². The predicted octanol–water partition coefficient (Wildman–Crippen LogP) is 3.90. The molecular weight excluding hydrogens is 561 g/mol. The summed E-state index contributed by atoms with van der Waals surface area (Å²) in [6.07, 6.45) is 1.58. The van der Waals surface area contributed by atoms with Crippen molar-refractivity contribution in [2.75, 3.05) is 62.6 Å². The Morgan fingerprint density at radius 2 is 1.61 bits per heavy atom. The van der Waals surface area contributed by atoms with Crippen molar-refractivity contribution >= 4 is 29.1 Å². The van der Waals surface area contributed by atoms with Crippen molar-refractivity contribution in [3.05, 3.63) is 76.9 Å². The Morgan fingerprint density at radius 3 is 2.36 bits per heavy atom. The molecule has 2 saturated heterocycles. The Kier molecular flexibility index (Phi) is 9.33. The first-order valence-corrected chi connectivity index (χ1v) is 15.3. The maximum Gasteiger partial charge on any atom is 0.272 e. The zero-order chi connectivity index (χ0) is 31.4. The van der Waals surface area contributed by atoms with Gasteiger partial charge in [0, 0.05) is 69.4 Å². The van der Waals surface area contributed by atoms with E-state index >= 15 is 0 Å². The second-order valence-electron chi connectivity index (χ2n) is 12.5. The van der Waals surface area contributed by atoms with Gasteiger partial charge in [-0.3, -0.25) is 19.1 Å². The number of rotatable bonds is 5. The topological polar surface area (TPSA) is 103 Å². The number of anilines is 2. The van der Waals surface area contributed by atoms with Crippen LogP contribution in [-0.4, -0.2) is 89.7 Å². The molecule has 11 heteroatoms. The first kappa shape index (κ1) is 31.2. The average molecular weight is 604 g/mol. The zero-order valence-electron chi connectivity index (χ0n) is 26.0. The summed E-state index contributed by atoms with van der Waals surface area (Å²) in [5.41, 5.74) is 3.12. The van der Waals surface area contributed by atoms with Gasteiger partial charge in [0.25, 0.3) is 17.7 Å². The summed E-state index contributed by atoms with van der Waals surface area (Å²) in [5, 5.41) is 10.8. The van der Waals surface area contributed by atoms with Gasteiger partial charge in [-0.05, 0) is 61.9 Å². The van der Waals surface area contributed by atoms with Crippen LogP contribution in [0.15, 0.2) is 48.5 Å². The first-order chi connectivity index (χ1) is 21.0. The van der Waals surface area contributed by atoms with E-state index in [0.717, 1.165) is 30.9 Å². The molecule has 234 valence electrons. The lowest BCUT2D eigenvalue weighted by Gasteiger charge is -2.27. The van der Waals surface area contributed by atoms with Crippen molar-refractivity contribution in [2.24, 2.45) is 7.05 Å². The Balaban J connectivity index is 1.39. The van der Waals surface area contributed by atoms with Crippen LogP contribution < -0.4 is 15.5 Å². The minimum atomic E-state index is -0.503. The summed E-state index contributed by atoms with van der Waals surface area (Å²) in [6, 6.07) is 12.8. The maximum absolute atomic E-state index is 13.9. The van der Waals surface area contributed by atoms with Crippen molar-refractivity contribution in [2.45, 2.75) is 39.0 Å². The number of amides is 3. The van der Waals surface area contributed by atoms with Gasteiger partial charge in [0.15, 0.2) is 0 Å². The molecule has 1 aromatic heterocycles. The highest BCUT2D eigenvalue weighted by Gasteiger charge is 2.28. The lowest BCUT2D eigenvalue weighted by Crippen LogP contribution is -2.36. The van der Waals surface area contributed by atoms with Crippen molar-refractivity contribution in [3.63, 3.8) is 0 Å². The number of aromatic nitrogens is 2. The third-order valence-electron chi connectivity index (χ3n) is 8.20. The van der Waals surface area contributed by atoms with Crippen LogP contribution in [-0.2, 0) is 12.5 Å². The van der Waals surface area contributed by atoms with Gasteiger partial charge in [-0.25, -0.2) is 4.39 Å². The summed E-state index contributed by atoms with van der Waals surface area (Å²) in [7, 11) is 1.80. The van der Waals surface area contributed by atoms with Crippen molar-refractivity contribution in [1.82, 2.24) is 24.9 Å². The molecule has 0 bridgehead atoms. The summed E-state index contributed by atoms with van der Waals surface area (Å²) in [5.74, 6) is -1.13. The zero-order valence-corrected chi connectivity index (χ0v) is 26.0. The predicted molar refractivity (Wildman–Crippen MR) is 169 cm³/mol. The van der Waals surface area contributed by atoms with Gasteiger partial charge >= 0.3 is 0 Å². The molecule has 10 nitrogen and oxygen atoms in total. The largest absolute Gasteiger partial charge is 0.368 e. The highest BCUT2D eigenvalue weighted by atomic mass is 19.1. The third-order valence-corrected chi connectivity index (χ3v) is 8.20. The molecule has 2 aliphatic rings. The highest BCUT2D eigenvalue weighted by molar-refractivity contribution is 6.07. The van der Waals surface area contributed by atoms with E-state index in [0.29, 0.717) is 62.6 Å². The number of halogens is 1. The van der Waals surface area contributed by atoms with Gasteiger partial charge in [-0.2, -0.15) is 5.10 Å². The Hall–Kier alpha value is -4.25. The van der Waals surface area contributed by atoms with E-state index in [-0.39, 0.29) is 22.8 Å². The lowest BCUT2D eigenvalue weighted by molar-refractivity contribution is 0.0752. The van der Waals surface area contributed by atoms with Crippen LogP contribution >= 0.6 is 0 Å². The summed E-state index contributed by atoms with van der Waals surface area (Å²) < 4.78 is 15.6. The Bertz CT molecular complexity index is 1520. The molecule has 2 aliphatic heterocycles. The molecule has 0 atom stereocenters. The summed E-state index contributed by atoms with van der Waals surface area (Å²) in [4.78, 5) is 46.1. The van der Waals surface area contributed by atoms with Crippen LogP contribution in [0.2, 0.25) is 0 Å². The van der Waals surface area contributed by atoms with Crippen molar-refractivity contribution < 1.29 is 18.8 Å². The molecule has 3 aromatic rings. The van der Waals surface area contributed by atoms with Crippen molar-refractivity contribution in [1.29, 1.82) is 0 Å². The van der Waals surface area contributed by atoms with Crippen LogP contribution in [0.25, 0.3) is 0 Å². The number of hydrogen-bond donors (Lipinski definition) is 2. The monoisotopic (exact) mass is 603 g/mol. The summed E-state index contributed by atoms with van der Waals surface area (Å²) in [6.45, 7) is 11.3. The molecule has 3 heterocycles. The van der Waals surface area contributed by atoms with Crippen LogP contribution in [0, 0.1) is 5.82 Å². The number of nitrogens with zero attached hydrogens (tertiary/aromatic N) is 5. The van der Waals surface area contributed by atoms with Gasteiger partial charge < -0.3 is 25.3 Å². The number of benzene rings is 2. The Morgan fingerprint density at radius 1 is 0.841 bits per heavy atom. The normalized spacial score (nSPS) is 16.3. The Labute approximate surface area is 258 Å². The number of hydrogen-bond acceptors (Lipinski definition) is 6. The number of nitrogens with one attached hydrogen (secondary N) is 2. The highest BCUT2D eigenvalue weighted by Crippen LogP contribution is 2.30. The molecule has 0 aliphatic carbocycles. The fraction of sp³-hybridized carbons (Fsp3) is 0.455. The molecule has 0 unspecified atom stereocenters.